The molecule has 2 N–H and O–H groups in total. The Bertz CT molecular complexity index is 180. The normalized spacial score (nSPS) is 17.1. The topological polar surface area (TPSA) is 49.3 Å². The van der Waals surface area contributed by atoms with E-state index < -0.39 is 17.7 Å². The van der Waals surface area contributed by atoms with E-state index in [0.717, 1.165) is 0 Å². The fraction of sp³-hybridized carbons (Fsp3) is 0.833. The van der Waals surface area contributed by atoms with Crippen LogP contribution in [0.3, 0.4) is 0 Å². The summed E-state index contributed by atoms with van der Waals surface area (Å²) in [4.78, 5) is 10.3. The molecule has 1 unspecified atom stereocenters. The van der Waals surface area contributed by atoms with Crippen molar-refractivity contribution in [2.45, 2.75) is 25.6 Å². The molecule has 6 heteroatoms. The first kappa shape index (κ1) is 11.2. The molecule has 12 heavy (non-hydrogen) atoms. The second kappa shape index (κ2) is 3.30. The lowest BCUT2D eigenvalue weighted by molar-refractivity contribution is -0.205. The maximum Gasteiger partial charge on any atom is 0.417 e. The second-order valence-electron chi connectivity index (χ2n) is 2.46. The van der Waals surface area contributed by atoms with E-state index in [4.69, 9.17) is 5.11 Å². The lowest BCUT2D eigenvalue weighted by Gasteiger charge is -2.27. The Balaban J connectivity index is 4.75. The summed E-state index contributed by atoms with van der Waals surface area (Å²) in [7, 11) is 0. The standard InChI is InChI=1S/C6H10F3NO2/c1-3-10-5(2,4(11)12)6(7,8)9/h10H,3H2,1-2H3,(H,11,12). The smallest absolute Gasteiger partial charge is 0.417 e. The van der Waals surface area contributed by atoms with Crippen LogP contribution in [0.15, 0.2) is 0 Å². The Kier molecular flexibility index (Phi) is 3.09. The van der Waals surface area contributed by atoms with Gasteiger partial charge in [-0.15, -0.1) is 0 Å². The summed E-state index contributed by atoms with van der Waals surface area (Å²) in [6.45, 7) is 1.95. The van der Waals surface area contributed by atoms with Gasteiger partial charge in [-0.05, 0) is 13.5 Å². The van der Waals surface area contributed by atoms with Crippen molar-refractivity contribution < 1.29 is 23.1 Å². The zero-order valence-corrected chi connectivity index (χ0v) is 6.70. The number of rotatable bonds is 3. The summed E-state index contributed by atoms with van der Waals surface area (Å²) in [6.07, 6.45) is -4.78. The maximum atomic E-state index is 12.1. The summed E-state index contributed by atoms with van der Waals surface area (Å²) < 4.78 is 36.3. The summed E-state index contributed by atoms with van der Waals surface area (Å²) in [5, 5.41) is 10.2. The zero-order valence-electron chi connectivity index (χ0n) is 6.70. The van der Waals surface area contributed by atoms with Gasteiger partial charge in [-0.3, -0.25) is 5.32 Å². The van der Waals surface area contributed by atoms with Crippen molar-refractivity contribution in [2.75, 3.05) is 6.54 Å². The molecule has 0 radical (unpaired) electrons. The number of carbonyl (C=O) groups is 1. The minimum atomic E-state index is -4.78. The maximum absolute atomic E-state index is 12.1. The summed E-state index contributed by atoms with van der Waals surface area (Å²) in [5.74, 6) is -1.92. The average molecular weight is 185 g/mol. The lowest BCUT2D eigenvalue weighted by atomic mass is 10.0. The number of alkyl halides is 3. The van der Waals surface area contributed by atoms with Crippen LogP contribution in [0, 0.1) is 0 Å². The SMILES string of the molecule is CCNC(C)(C(=O)O)C(F)(F)F. The van der Waals surface area contributed by atoms with Gasteiger partial charge in [0, 0.05) is 0 Å². The molecular formula is C6H10F3NO2. The fourth-order valence-electron chi connectivity index (χ4n) is 0.651. The monoisotopic (exact) mass is 185 g/mol. The number of hydrogen-bond donors (Lipinski definition) is 2. The Morgan fingerprint density at radius 2 is 1.92 bits per heavy atom. The molecule has 0 bridgehead atoms. The van der Waals surface area contributed by atoms with Gasteiger partial charge in [0.05, 0.1) is 0 Å². The highest BCUT2D eigenvalue weighted by molar-refractivity contribution is 5.79. The van der Waals surface area contributed by atoms with Crippen LogP contribution < -0.4 is 5.32 Å². The number of nitrogens with one attached hydrogen (secondary N) is 1. The molecule has 1 atom stereocenters. The van der Waals surface area contributed by atoms with Gasteiger partial charge in [-0.2, -0.15) is 13.2 Å². The van der Waals surface area contributed by atoms with E-state index in [1.165, 1.54) is 6.92 Å². The predicted octanol–water partition coefficient (Wildman–Crippen LogP) is 1.00. The third kappa shape index (κ3) is 1.88. The van der Waals surface area contributed by atoms with E-state index >= 15 is 0 Å². The number of carboxylic acid groups (broad SMARTS) is 1. The van der Waals surface area contributed by atoms with Crippen LogP contribution in [0.25, 0.3) is 0 Å². The van der Waals surface area contributed by atoms with Gasteiger partial charge in [-0.1, -0.05) is 6.92 Å². The minimum absolute atomic E-state index is 0.0533. The molecule has 0 saturated heterocycles. The van der Waals surface area contributed by atoms with Gasteiger partial charge in [-0.25, -0.2) is 4.79 Å². The molecule has 0 fully saturated rings. The Hall–Kier alpha value is -0.780. The molecule has 3 nitrogen and oxygen atoms in total. The molecule has 0 saturated carbocycles. The molecule has 0 aliphatic rings. The summed E-state index contributed by atoms with van der Waals surface area (Å²) >= 11 is 0. The zero-order chi connectivity index (χ0) is 9.99. The van der Waals surface area contributed by atoms with Crippen molar-refractivity contribution in [1.82, 2.24) is 5.32 Å². The molecule has 72 valence electrons. The van der Waals surface area contributed by atoms with Crippen LogP contribution in [-0.2, 0) is 4.79 Å². The third-order valence-electron chi connectivity index (χ3n) is 1.53. The van der Waals surface area contributed by atoms with Crippen LogP contribution >= 0.6 is 0 Å². The Morgan fingerprint density at radius 3 is 2.00 bits per heavy atom. The molecule has 0 aliphatic heterocycles. The van der Waals surface area contributed by atoms with Crippen LogP contribution in [0.5, 0.6) is 0 Å². The number of carboxylic acids is 1. The first-order valence-electron chi connectivity index (χ1n) is 3.31. The number of aliphatic carboxylic acids is 1. The quantitative estimate of drug-likeness (QED) is 0.689. The van der Waals surface area contributed by atoms with Crippen molar-refractivity contribution >= 4 is 5.97 Å². The van der Waals surface area contributed by atoms with Gasteiger partial charge < -0.3 is 5.11 Å². The summed E-state index contributed by atoms with van der Waals surface area (Å²) in [6, 6.07) is 0. The second-order valence-corrected chi connectivity index (χ2v) is 2.46. The highest BCUT2D eigenvalue weighted by Crippen LogP contribution is 2.29. The fourth-order valence-corrected chi connectivity index (χ4v) is 0.651. The van der Waals surface area contributed by atoms with Crippen molar-refractivity contribution in [3.05, 3.63) is 0 Å². The first-order chi connectivity index (χ1) is 5.25. The molecule has 0 rings (SSSR count). The largest absolute Gasteiger partial charge is 0.480 e. The molecule has 0 heterocycles. The molecule has 0 amide bonds. The van der Waals surface area contributed by atoms with Crippen molar-refractivity contribution in [3.63, 3.8) is 0 Å². The van der Waals surface area contributed by atoms with Crippen LogP contribution in [0.2, 0.25) is 0 Å². The Morgan fingerprint density at radius 1 is 1.50 bits per heavy atom. The van der Waals surface area contributed by atoms with E-state index in [9.17, 15) is 18.0 Å². The van der Waals surface area contributed by atoms with Gasteiger partial charge in [0.2, 0.25) is 5.54 Å². The lowest BCUT2D eigenvalue weighted by Crippen LogP contribution is -2.60. The van der Waals surface area contributed by atoms with Crippen molar-refractivity contribution in [3.8, 4) is 0 Å². The first-order valence-corrected chi connectivity index (χ1v) is 3.31. The Labute approximate surface area is 67.6 Å². The van der Waals surface area contributed by atoms with Crippen LogP contribution in [0.1, 0.15) is 13.8 Å². The highest BCUT2D eigenvalue weighted by Gasteiger charge is 2.56. The number of likely N-dealkylation sites (N-methyl/N-ethyl adjacent to an activating group) is 1. The van der Waals surface area contributed by atoms with E-state index in [1.54, 1.807) is 0 Å². The predicted molar refractivity (Wildman–Crippen MR) is 35.8 cm³/mol. The molecular weight excluding hydrogens is 175 g/mol. The van der Waals surface area contributed by atoms with Crippen molar-refractivity contribution in [2.24, 2.45) is 0 Å². The number of halogens is 3. The van der Waals surface area contributed by atoms with Crippen LogP contribution in [0.4, 0.5) is 13.2 Å². The van der Waals surface area contributed by atoms with Gasteiger partial charge >= 0.3 is 12.1 Å². The van der Waals surface area contributed by atoms with E-state index in [1.807, 2.05) is 5.32 Å². The third-order valence-corrected chi connectivity index (χ3v) is 1.53. The van der Waals surface area contributed by atoms with Gasteiger partial charge in [0.1, 0.15) is 0 Å². The van der Waals surface area contributed by atoms with Crippen LogP contribution in [-0.4, -0.2) is 29.3 Å². The van der Waals surface area contributed by atoms with E-state index in [-0.39, 0.29) is 6.54 Å². The van der Waals surface area contributed by atoms with Gasteiger partial charge in [0.15, 0.2) is 0 Å². The highest BCUT2D eigenvalue weighted by atomic mass is 19.4. The van der Waals surface area contributed by atoms with E-state index in [2.05, 4.69) is 0 Å². The molecule has 0 aromatic carbocycles. The van der Waals surface area contributed by atoms with Gasteiger partial charge in [0.25, 0.3) is 0 Å². The molecule has 0 spiro atoms. The summed E-state index contributed by atoms with van der Waals surface area (Å²) in [5.41, 5.74) is -2.85. The molecule has 0 aromatic heterocycles. The van der Waals surface area contributed by atoms with E-state index in [0.29, 0.717) is 6.92 Å². The van der Waals surface area contributed by atoms with Crippen molar-refractivity contribution in [1.29, 1.82) is 0 Å². The molecule has 0 aliphatic carbocycles. The average Bonchev–Trinajstić information content (AvgIpc) is 1.85. The molecule has 0 aromatic rings. The number of hydrogen-bond acceptors (Lipinski definition) is 2. The minimum Gasteiger partial charge on any atom is -0.480 e.